The van der Waals surface area contributed by atoms with Crippen molar-refractivity contribution >= 4 is 6.08 Å². The van der Waals surface area contributed by atoms with Gasteiger partial charge in [-0.05, 0) is 43.8 Å². The second-order valence-electron chi connectivity index (χ2n) is 4.39. The van der Waals surface area contributed by atoms with Crippen LogP contribution in [0.4, 0.5) is 4.39 Å². The minimum Gasteiger partial charge on any atom is -0.457 e. The summed E-state index contributed by atoms with van der Waals surface area (Å²) in [6, 6.07) is 10.5. The highest BCUT2D eigenvalue weighted by atomic mass is 19.1. The molecule has 2 rings (SSSR count). The quantitative estimate of drug-likeness (QED) is 0.874. The molecule has 100 valence electrons. The van der Waals surface area contributed by atoms with Crippen LogP contribution in [0.15, 0.2) is 46.9 Å². The fourth-order valence-corrected chi connectivity index (χ4v) is 1.88. The molecule has 1 aromatic carbocycles. The Hall–Kier alpha value is -1.87. The molecule has 0 aliphatic heterocycles. The van der Waals surface area contributed by atoms with Gasteiger partial charge in [0.25, 0.3) is 0 Å². The van der Waals surface area contributed by atoms with Crippen molar-refractivity contribution in [3.63, 3.8) is 0 Å². The van der Waals surface area contributed by atoms with Gasteiger partial charge in [0.2, 0.25) is 0 Å². The van der Waals surface area contributed by atoms with Gasteiger partial charge in [0.1, 0.15) is 17.3 Å². The van der Waals surface area contributed by atoms with Gasteiger partial charge in [0, 0.05) is 6.04 Å². The first-order valence-corrected chi connectivity index (χ1v) is 6.47. The van der Waals surface area contributed by atoms with Crippen LogP contribution in [0.25, 0.3) is 17.4 Å². The highest BCUT2D eigenvalue weighted by molar-refractivity contribution is 5.60. The summed E-state index contributed by atoms with van der Waals surface area (Å²) in [5, 5.41) is 3.27. The van der Waals surface area contributed by atoms with Crippen molar-refractivity contribution in [3.05, 3.63) is 54.1 Å². The average molecular weight is 259 g/mol. The lowest BCUT2D eigenvalue weighted by molar-refractivity contribution is 0.560. The van der Waals surface area contributed by atoms with Crippen molar-refractivity contribution in [3.8, 4) is 11.3 Å². The molecule has 0 fully saturated rings. The summed E-state index contributed by atoms with van der Waals surface area (Å²) in [6.07, 6.45) is 3.92. The van der Waals surface area contributed by atoms with Crippen LogP contribution in [0.5, 0.6) is 0 Å². The summed E-state index contributed by atoms with van der Waals surface area (Å²) in [6.45, 7) is 5.05. The second-order valence-corrected chi connectivity index (χ2v) is 4.39. The summed E-state index contributed by atoms with van der Waals surface area (Å²) in [5.41, 5.74) is 0.488. The first kappa shape index (κ1) is 13.6. The van der Waals surface area contributed by atoms with E-state index in [0.29, 0.717) is 11.3 Å². The SMILES string of the molecule is CCNC(C)/C=C/c1ccc(-c2ccccc2F)o1. The van der Waals surface area contributed by atoms with Crippen molar-refractivity contribution in [1.82, 2.24) is 5.32 Å². The zero-order valence-electron chi connectivity index (χ0n) is 11.2. The molecular weight excluding hydrogens is 241 g/mol. The average Bonchev–Trinajstić information content (AvgIpc) is 2.86. The first-order valence-electron chi connectivity index (χ1n) is 6.47. The third kappa shape index (κ3) is 3.55. The van der Waals surface area contributed by atoms with E-state index >= 15 is 0 Å². The third-order valence-electron chi connectivity index (χ3n) is 2.84. The maximum absolute atomic E-state index is 13.6. The lowest BCUT2D eigenvalue weighted by Crippen LogP contribution is -2.22. The van der Waals surface area contributed by atoms with Crippen LogP contribution < -0.4 is 5.32 Å². The molecule has 3 heteroatoms. The van der Waals surface area contributed by atoms with E-state index in [9.17, 15) is 4.39 Å². The molecule has 1 heterocycles. The van der Waals surface area contributed by atoms with E-state index in [-0.39, 0.29) is 11.9 Å². The van der Waals surface area contributed by atoms with Crippen molar-refractivity contribution in [2.24, 2.45) is 0 Å². The van der Waals surface area contributed by atoms with Crippen molar-refractivity contribution in [1.29, 1.82) is 0 Å². The van der Waals surface area contributed by atoms with Crippen LogP contribution >= 0.6 is 0 Å². The Morgan fingerprint density at radius 3 is 2.79 bits per heavy atom. The predicted molar refractivity (Wildman–Crippen MR) is 76.3 cm³/mol. The molecule has 0 amide bonds. The minimum atomic E-state index is -0.270. The van der Waals surface area contributed by atoms with Gasteiger partial charge in [0.05, 0.1) is 5.56 Å². The van der Waals surface area contributed by atoms with Gasteiger partial charge < -0.3 is 9.73 Å². The number of hydrogen-bond acceptors (Lipinski definition) is 2. The Bertz CT molecular complexity index is 559. The maximum Gasteiger partial charge on any atom is 0.137 e. The van der Waals surface area contributed by atoms with Crippen LogP contribution in [0.3, 0.4) is 0 Å². The molecule has 0 saturated carbocycles. The van der Waals surface area contributed by atoms with Crippen LogP contribution in [-0.4, -0.2) is 12.6 Å². The van der Waals surface area contributed by atoms with Crippen LogP contribution in [0.2, 0.25) is 0 Å². The van der Waals surface area contributed by atoms with Gasteiger partial charge >= 0.3 is 0 Å². The fraction of sp³-hybridized carbons (Fsp3) is 0.250. The highest BCUT2D eigenvalue weighted by Gasteiger charge is 2.07. The van der Waals surface area contributed by atoms with Gasteiger partial charge in [-0.3, -0.25) is 0 Å². The fourth-order valence-electron chi connectivity index (χ4n) is 1.88. The van der Waals surface area contributed by atoms with Crippen molar-refractivity contribution < 1.29 is 8.81 Å². The smallest absolute Gasteiger partial charge is 0.137 e. The summed E-state index contributed by atoms with van der Waals surface area (Å²) < 4.78 is 19.2. The summed E-state index contributed by atoms with van der Waals surface area (Å²) in [4.78, 5) is 0. The molecule has 2 nitrogen and oxygen atoms in total. The van der Waals surface area contributed by atoms with E-state index in [0.717, 1.165) is 12.3 Å². The van der Waals surface area contributed by atoms with Crippen molar-refractivity contribution in [2.45, 2.75) is 19.9 Å². The highest BCUT2D eigenvalue weighted by Crippen LogP contribution is 2.25. The normalized spacial score (nSPS) is 13.0. The Kier molecular flexibility index (Phi) is 4.53. The summed E-state index contributed by atoms with van der Waals surface area (Å²) in [7, 11) is 0. The zero-order chi connectivity index (χ0) is 13.7. The molecule has 1 unspecified atom stereocenters. The molecule has 1 N–H and O–H groups in total. The monoisotopic (exact) mass is 259 g/mol. The second kappa shape index (κ2) is 6.34. The van der Waals surface area contributed by atoms with E-state index in [1.807, 2.05) is 18.2 Å². The Morgan fingerprint density at radius 2 is 2.05 bits per heavy atom. The van der Waals surface area contributed by atoms with Gasteiger partial charge in [0.15, 0.2) is 0 Å². The van der Waals surface area contributed by atoms with Crippen molar-refractivity contribution in [2.75, 3.05) is 6.54 Å². The number of nitrogens with one attached hydrogen (secondary N) is 1. The maximum atomic E-state index is 13.6. The van der Waals surface area contributed by atoms with Gasteiger partial charge in [-0.25, -0.2) is 4.39 Å². The molecular formula is C16H18FNO. The van der Waals surface area contributed by atoms with Crippen LogP contribution in [0, 0.1) is 5.82 Å². The molecule has 0 saturated heterocycles. The number of hydrogen-bond donors (Lipinski definition) is 1. The number of furan rings is 1. The molecule has 0 radical (unpaired) electrons. The molecule has 0 bridgehead atoms. The number of benzene rings is 1. The Morgan fingerprint density at radius 1 is 1.26 bits per heavy atom. The zero-order valence-corrected chi connectivity index (χ0v) is 11.2. The third-order valence-corrected chi connectivity index (χ3v) is 2.84. The predicted octanol–water partition coefficient (Wildman–Crippen LogP) is 4.10. The molecule has 1 aromatic heterocycles. The molecule has 0 aliphatic carbocycles. The van der Waals surface area contributed by atoms with Crippen LogP contribution in [0.1, 0.15) is 19.6 Å². The van der Waals surface area contributed by atoms with E-state index < -0.39 is 0 Å². The number of likely N-dealkylation sites (N-methyl/N-ethyl adjacent to an activating group) is 1. The number of rotatable bonds is 5. The topological polar surface area (TPSA) is 25.2 Å². The first-order chi connectivity index (χ1) is 9.20. The lowest BCUT2D eigenvalue weighted by atomic mass is 10.1. The van der Waals surface area contributed by atoms with E-state index in [4.69, 9.17) is 4.42 Å². The molecule has 2 aromatic rings. The van der Waals surface area contributed by atoms with Gasteiger partial charge in [-0.2, -0.15) is 0 Å². The van der Waals surface area contributed by atoms with Gasteiger partial charge in [-0.15, -0.1) is 0 Å². The molecule has 1 atom stereocenters. The molecule has 0 spiro atoms. The van der Waals surface area contributed by atoms with Crippen LogP contribution in [-0.2, 0) is 0 Å². The van der Waals surface area contributed by atoms with Gasteiger partial charge in [-0.1, -0.05) is 25.1 Å². The van der Waals surface area contributed by atoms with E-state index in [1.165, 1.54) is 6.07 Å². The number of halogens is 1. The lowest BCUT2D eigenvalue weighted by Gasteiger charge is -2.04. The summed E-state index contributed by atoms with van der Waals surface area (Å²) in [5.74, 6) is 1.00. The minimum absolute atomic E-state index is 0.270. The Labute approximate surface area is 112 Å². The molecule has 0 aliphatic rings. The molecule has 19 heavy (non-hydrogen) atoms. The van der Waals surface area contributed by atoms with E-state index in [1.54, 1.807) is 24.3 Å². The Balaban J connectivity index is 2.14. The van der Waals surface area contributed by atoms with E-state index in [2.05, 4.69) is 19.2 Å². The standard InChI is InChI=1S/C16H18FNO/c1-3-18-12(2)8-9-13-10-11-16(19-13)14-6-4-5-7-15(14)17/h4-12,18H,3H2,1-2H3/b9-8+. The summed E-state index contributed by atoms with van der Waals surface area (Å²) >= 11 is 0. The largest absolute Gasteiger partial charge is 0.457 e.